The molecule has 3 N–H and O–H groups in total. The van der Waals surface area contributed by atoms with Gasteiger partial charge in [-0.1, -0.05) is 18.2 Å². The first-order valence-corrected chi connectivity index (χ1v) is 7.22. The first kappa shape index (κ1) is 14.9. The molecule has 0 saturated heterocycles. The molecule has 1 amide bonds. The highest BCUT2D eigenvalue weighted by Crippen LogP contribution is 2.16. The molecule has 1 rings (SSSR count). The van der Waals surface area contributed by atoms with E-state index in [2.05, 4.69) is 5.32 Å². The van der Waals surface area contributed by atoms with E-state index in [-0.39, 0.29) is 5.91 Å². The third-order valence-electron chi connectivity index (χ3n) is 2.62. The molecule has 1 atom stereocenters. The molecule has 0 fully saturated rings. The molecule has 1 aromatic carbocycles. The van der Waals surface area contributed by atoms with Crippen LogP contribution in [-0.2, 0) is 11.3 Å². The quantitative estimate of drug-likeness (QED) is 0.784. The first-order chi connectivity index (χ1) is 8.69. The molecule has 0 aromatic heterocycles. The van der Waals surface area contributed by atoms with Crippen LogP contribution < -0.4 is 15.8 Å². The van der Waals surface area contributed by atoms with Crippen molar-refractivity contribution in [3.05, 3.63) is 29.8 Å². The third kappa shape index (κ3) is 4.58. The normalized spacial score (nSPS) is 11.9. The standard InChI is InChI=1S/C13H20N2O2S/c1-17-12-6-4-3-5-10(12)9-15-13(16)11(14)7-8-18-2/h3-6,11H,7-9,14H2,1-2H3,(H,15,16)/t11-/m0/s1. The molecule has 0 aliphatic rings. The van der Waals surface area contributed by atoms with Crippen LogP contribution in [0.5, 0.6) is 5.75 Å². The van der Waals surface area contributed by atoms with Gasteiger partial charge in [-0.2, -0.15) is 11.8 Å². The van der Waals surface area contributed by atoms with Crippen molar-refractivity contribution < 1.29 is 9.53 Å². The average molecular weight is 268 g/mol. The van der Waals surface area contributed by atoms with Gasteiger partial charge >= 0.3 is 0 Å². The Morgan fingerprint density at radius 2 is 2.22 bits per heavy atom. The Hall–Kier alpha value is -1.20. The van der Waals surface area contributed by atoms with Gasteiger partial charge in [-0.3, -0.25) is 4.79 Å². The minimum atomic E-state index is -0.438. The predicted octanol–water partition coefficient (Wildman–Crippen LogP) is 1.39. The first-order valence-electron chi connectivity index (χ1n) is 5.83. The van der Waals surface area contributed by atoms with Gasteiger partial charge in [0.1, 0.15) is 5.75 Å². The van der Waals surface area contributed by atoms with Gasteiger partial charge in [-0.05, 0) is 24.5 Å². The Bertz CT molecular complexity index is 385. The lowest BCUT2D eigenvalue weighted by atomic mass is 10.2. The van der Waals surface area contributed by atoms with Crippen molar-refractivity contribution in [1.82, 2.24) is 5.32 Å². The minimum absolute atomic E-state index is 0.116. The van der Waals surface area contributed by atoms with E-state index in [0.29, 0.717) is 13.0 Å². The summed E-state index contributed by atoms with van der Waals surface area (Å²) in [5.74, 6) is 1.55. The zero-order valence-corrected chi connectivity index (χ0v) is 11.6. The number of thioether (sulfide) groups is 1. The third-order valence-corrected chi connectivity index (χ3v) is 3.26. The van der Waals surface area contributed by atoms with Crippen LogP contribution in [0.1, 0.15) is 12.0 Å². The number of amides is 1. The SMILES string of the molecule is COc1ccccc1CNC(=O)[C@@H](N)CCSC. The second kappa shape index (κ2) is 8.00. The topological polar surface area (TPSA) is 64.3 Å². The summed E-state index contributed by atoms with van der Waals surface area (Å²) in [5, 5.41) is 2.83. The van der Waals surface area contributed by atoms with Gasteiger partial charge in [0.15, 0.2) is 0 Å². The Morgan fingerprint density at radius 3 is 2.89 bits per heavy atom. The summed E-state index contributed by atoms with van der Waals surface area (Å²) in [5.41, 5.74) is 6.73. The molecule has 18 heavy (non-hydrogen) atoms. The molecule has 0 aliphatic heterocycles. The Morgan fingerprint density at radius 1 is 1.50 bits per heavy atom. The Kier molecular flexibility index (Phi) is 6.60. The molecular formula is C13H20N2O2S. The van der Waals surface area contributed by atoms with Gasteiger partial charge in [0.25, 0.3) is 0 Å². The van der Waals surface area contributed by atoms with E-state index >= 15 is 0 Å². The summed E-state index contributed by atoms with van der Waals surface area (Å²) < 4.78 is 5.22. The number of carbonyl (C=O) groups excluding carboxylic acids is 1. The van der Waals surface area contributed by atoms with Gasteiger partial charge in [0.05, 0.1) is 13.2 Å². The van der Waals surface area contributed by atoms with Crippen LogP contribution in [0, 0.1) is 0 Å². The summed E-state index contributed by atoms with van der Waals surface area (Å²) in [6.07, 6.45) is 2.69. The molecule has 1 aromatic rings. The van der Waals surface area contributed by atoms with Crippen molar-refractivity contribution in [3.8, 4) is 5.75 Å². The van der Waals surface area contributed by atoms with E-state index < -0.39 is 6.04 Å². The fraction of sp³-hybridized carbons (Fsp3) is 0.462. The second-order valence-corrected chi connectivity index (χ2v) is 4.90. The molecule has 0 bridgehead atoms. The summed E-state index contributed by atoms with van der Waals surface area (Å²) in [6.45, 7) is 0.440. The van der Waals surface area contributed by atoms with Crippen molar-refractivity contribution in [2.45, 2.75) is 19.0 Å². The molecule has 0 unspecified atom stereocenters. The van der Waals surface area contributed by atoms with Gasteiger partial charge in [-0.25, -0.2) is 0 Å². The highest BCUT2D eigenvalue weighted by atomic mass is 32.2. The van der Waals surface area contributed by atoms with Crippen LogP contribution in [0.15, 0.2) is 24.3 Å². The number of nitrogens with one attached hydrogen (secondary N) is 1. The largest absolute Gasteiger partial charge is 0.496 e. The number of ether oxygens (including phenoxy) is 1. The average Bonchev–Trinajstić information content (AvgIpc) is 2.42. The maximum Gasteiger partial charge on any atom is 0.237 e. The van der Waals surface area contributed by atoms with E-state index in [1.807, 2.05) is 30.5 Å². The van der Waals surface area contributed by atoms with Crippen LogP contribution in [0.3, 0.4) is 0 Å². The van der Waals surface area contributed by atoms with Crippen LogP contribution in [0.2, 0.25) is 0 Å². The van der Waals surface area contributed by atoms with Crippen molar-refractivity contribution in [2.24, 2.45) is 5.73 Å². The summed E-state index contributed by atoms with van der Waals surface area (Å²) >= 11 is 1.69. The molecule has 0 aliphatic carbocycles. The predicted molar refractivity (Wildman–Crippen MR) is 75.8 cm³/mol. The molecule has 100 valence electrons. The van der Waals surface area contributed by atoms with Crippen LogP contribution in [0.25, 0.3) is 0 Å². The lowest BCUT2D eigenvalue weighted by molar-refractivity contribution is -0.122. The summed E-state index contributed by atoms with van der Waals surface area (Å²) in [4.78, 5) is 11.7. The second-order valence-electron chi connectivity index (χ2n) is 3.92. The van der Waals surface area contributed by atoms with E-state index in [9.17, 15) is 4.79 Å². The number of carbonyl (C=O) groups is 1. The van der Waals surface area contributed by atoms with E-state index in [4.69, 9.17) is 10.5 Å². The van der Waals surface area contributed by atoms with E-state index in [1.54, 1.807) is 18.9 Å². The fourth-order valence-electron chi connectivity index (χ4n) is 1.54. The number of rotatable bonds is 7. The number of nitrogens with two attached hydrogens (primary N) is 1. The van der Waals surface area contributed by atoms with Gasteiger partial charge < -0.3 is 15.8 Å². The molecule has 0 radical (unpaired) electrons. The van der Waals surface area contributed by atoms with Crippen molar-refractivity contribution in [3.63, 3.8) is 0 Å². The Balaban J connectivity index is 2.46. The lowest BCUT2D eigenvalue weighted by Crippen LogP contribution is -2.40. The molecule has 0 spiro atoms. The van der Waals surface area contributed by atoms with Gasteiger partial charge in [0, 0.05) is 12.1 Å². The zero-order valence-electron chi connectivity index (χ0n) is 10.8. The number of hydrogen-bond acceptors (Lipinski definition) is 4. The van der Waals surface area contributed by atoms with Crippen LogP contribution >= 0.6 is 11.8 Å². The number of benzene rings is 1. The van der Waals surface area contributed by atoms with Crippen LogP contribution in [-0.4, -0.2) is 31.1 Å². The number of para-hydroxylation sites is 1. The molecular weight excluding hydrogens is 248 g/mol. The fourth-order valence-corrected chi connectivity index (χ4v) is 2.03. The van der Waals surface area contributed by atoms with Gasteiger partial charge in [0.2, 0.25) is 5.91 Å². The zero-order chi connectivity index (χ0) is 13.4. The molecule has 5 heteroatoms. The molecule has 0 saturated carbocycles. The lowest BCUT2D eigenvalue weighted by Gasteiger charge is -2.13. The summed E-state index contributed by atoms with van der Waals surface area (Å²) in [7, 11) is 1.62. The Labute approximate surface area is 112 Å². The van der Waals surface area contributed by atoms with Crippen LogP contribution in [0.4, 0.5) is 0 Å². The molecule has 4 nitrogen and oxygen atoms in total. The highest BCUT2D eigenvalue weighted by Gasteiger charge is 2.12. The molecule has 0 heterocycles. The monoisotopic (exact) mass is 268 g/mol. The highest BCUT2D eigenvalue weighted by molar-refractivity contribution is 7.98. The number of methoxy groups -OCH3 is 1. The van der Waals surface area contributed by atoms with E-state index in [0.717, 1.165) is 17.1 Å². The van der Waals surface area contributed by atoms with Gasteiger partial charge in [-0.15, -0.1) is 0 Å². The van der Waals surface area contributed by atoms with E-state index in [1.165, 1.54) is 0 Å². The smallest absolute Gasteiger partial charge is 0.237 e. The minimum Gasteiger partial charge on any atom is -0.496 e. The van der Waals surface area contributed by atoms with Crippen molar-refractivity contribution in [1.29, 1.82) is 0 Å². The van der Waals surface area contributed by atoms with Crippen molar-refractivity contribution in [2.75, 3.05) is 19.1 Å². The number of hydrogen-bond donors (Lipinski definition) is 2. The maximum absolute atomic E-state index is 11.7. The maximum atomic E-state index is 11.7. The summed E-state index contributed by atoms with van der Waals surface area (Å²) in [6, 6.07) is 7.17. The van der Waals surface area contributed by atoms with Crippen molar-refractivity contribution >= 4 is 17.7 Å².